The minimum atomic E-state index is -0.626. The van der Waals surface area contributed by atoms with E-state index in [2.05, 4.69) is 10.9 Å². The number of hydrazine groups is 1. The third kappa shape index (κ3) is 3.26. The molecule has 2 aromatic rings. The summed E-state index contributed by atoms with van der Waals surface area (Å²) in [5.74, 6) is -0.132. The predicted octanol–water partition coefficient (Wildman–Crippen LogP) is 1.94. The number of hydrogen-bond acceptors (Lipinski definition) is 6. The molecule has 0 aliphatic heterocycles. The van der Waals surface area contributed by atoms with Gasteiger partial charge in [0.2, 0.25) is 0 Å². The van der Waals surface area contributed by atoms with Gasteiger partial charge in [0, 0.05) is 6.07 Å². The number of nitrogens with zero attached hydrogens (tertiary/aromatic N) is 1. The summed E-state index contributed by atoms with van der Waals surface area (Å²) in [6.45, 7) is 3.33. The molecule has 0 saturated carbocycles. The molecule has 0 aromatic carbocycles. The van der Waals surface area contributed by atoms with E-state index in [1.165, 1.54) is 12.1 Å². The summed E-state index contributed by atoms with van der Waals surface area (Å²) in [7, 11) is 0. The highest BCUT2D eigenvalue weighted by molar-refractivity contribution is 7.17. The van der Waals surface area contributed by atoms with Gasteiger partial charge in [-0.1, -0.05) is 11.3 Å². The fourth-order valence-electron chi connectivity index (χ4n) is 1.65. The second kappa shape index (κ2) is 5.75. The average Bonchev–Trinajstić information content (AvgIpc) is 3.02. The second-order valence-electron chi connectivity index (χ2n) is 4.13. The van der Waals surface area contributed by atoms with E-state index in [1.54, 1.807) is 19.9 Å². The maximum Gasteiger partial charge on any atom is 0.324 e. The van der Waals surface area contributed by atoms with Gasteiger partial charge in [0.25, 0.3) is 11.8 Å². The highest BCUT2D eigenvalue weighted by atomic mass is 32.1. The van der Waals surface area contributed by atoms with E-state index >= 15 is 0 Å². The summed E-state index contributed by atoms with van der Waals surface area (Å²) >= 11 is 0.723. The lowest BCUT2D eigenvalue weighted by atomic mass is 10.2. The molecule has 0 aliphatic carbocycles. The summed E-state index contributed by atoms with van der Waals surface area (Å²) in [6, 6.07) is 4.09. The first-order valence-electron chi connectivity index (χ1n) is 5.80. The number of hydrogen-bond donors (Lipinski definition) is 2. The predicted molar refractivity (Wildman–Crippen MR) is 74.1 cm³/mol. The van der Waals surface area contributed by atoms with Crippen LogP contribution in [-0.4, -0.2) is 16.7 Å². The van der Waals surface area contributed by atoms with Gasteiger partial charge in [-0.05, 0) is 26.0 Å². The van der Waals surface area contributed by atoms with Crippen LogP contribution < -0.4 is 10.9 Å². The Morgan fingerprint density at radius 3 is 2.43 bits per heavy atom. The number of carbonyl (C=O) groups excluding carboxylic acids is 2. The molecule has 0 fully saturated rings. The maximum absolute atomic E-state index is 11.8. The average molecular weight is 309 g/mol. The van der Waals surface area contributed by atoms with Gasteiger partial charge in [0.05, 0.1) is 10.5 Å². The van der Waals surface area contributed by atoms with Gasteiger partial charge in [-0.15, -0.1) is 0 Å². The van der Waals surface area contributed by atoms with Crippen molar-refractivity contribution in [2.75, 3.05) is 0 Å². The van der Waals surface area contributed by atoms with Crippen molar-refractivity contribution in [1.29, 1.82) is 0 Å². The molecule has 2 heterocycles. The Hall–Kier alpha value is -2.68. The fraction of sp³-hybridized carbons (Fsp3) is 0.167. The Morgan fingerprint density at radius 2 is 1.90 bits per heavy atom. The first-order chi connectivity index (χ1) is 9.88. The topological polar surface area (TPSA) is 114 Å². The molecule has 2 aromatic heterocycles. The molecule has 9 heteroatoms. The fourth-order valence-corrected chi connectivity index (χ4v) is 2.36. The van der Waals surface area contributed by atoms with Crippen molar-refractivity contribution in [3.8, 4) is 0 Å². The van der Waals surface area contributed by atoms with Gasteiger partial charge in [0.15, 0.2) is 0 Å². The van der Waals surface area contributed by atoms with Gasteiger partial charge in [0.1, 0.15) is 16.4 Å². The van der Waals surface area contributed by atoms with Gasteiger partial charge < -0.3 is 4.42 Å². The number of nitrogens with one attached hydrogen (secondary N) is 2. The number of nitro groups is 1. The molecular formula is C12H11N3O5S. The Bertz CT molecular complexity index is 718. The first-order valence-corrected chi connectivity index (χ1v) is 6.62. The molecule has 0 unspecified atom stereocenters. The summed E-state index contributed by atoms with van der Waals surface area (Å²) in [4.78, 5) is 33.7. The lowest BCUT2D eigenvalue weighted by Crippen LogP contribution is -2.41. The van der Waals surface area contributed by atoms with Gasteiger partial charge in [-0.25, -0.2) is 0 Å². The van der Waals surface area contributed by atoms with E-state index in [1.807, 2.05) is 0 Å². The second-order valence-corrected chi connectivity index (χ2v) is 5.19. The van der Waals surface area contributed by atoms with Crippen molar-refractivity contribution in [3.05, 3.63) is 50.3 Å². The summed E-state index contributed by atoms with van der Waals surface area (Å²) in [5, 5.41) is 10.4. The summed E-state index contributed by atoms with van der Waals surface area (Å²) in [5.41, 5.74) is 4.73. The van der Waals surface area contributed by atoms with Crippen LogP contribution in [0.1, 0.15) is 31.6 Å². The highest BCUT2D eigenvalue weighted by Gasteiger charge is 2.17. The Kier molecular flexibility index (Phi) is 4.03. The first kappa shape index (κ1) is 14.7. The van der Waals surface area contributed by atoms with E-state index in [0.29, 0.717) is 17.1 Å². The third-order valence-corrected chi connectivity index (χ3v) is 3.61. The van der Waals surface area contributed by atoms with Crippen molar-refractivity contribution >= 4 is 28.2 Å². The maximum atomic E-state index is 11.8. The molecule has 0 aliphatic rings. The van der Waals surface area contributed by atoms with Crippen molar-refractivity contribution in [2.24, 2.45) is 0 Å². The molecule has 110 valence electrons. The number of amides is 2. The molecule has 2 N–H and O–H groups in total. The van der Waals surface area contributed by atoms with Crippen molar-refractivity contribution in [1.82, 2.24) is 10.9 Å². The highest BCUT2D eigenvalue weighted by Crippen LogP contribution is 2.23. The smallest absolute Gasteiger partial charge is 0.324 e. The lowest BCUT2D eigenvalue weighted by molar-refractivity contribution is -0.380. The molecule has 2 amide bonds. The molecule has 21 heavy (non-hydrogen) atoms. The van der Waals surface area contributed by atoms with Crippen molar-refractivity contribution in [3.63, 3.8) is 0 Å². The molecule has 0 atom stereocenters. The Balaban J connectivity index is 1.99. The zero-order valence-electron chi connectivity index (χ0n) is 11.1. The number of rotatable bonds is 3. The van der Waals surface area contributed by atoms with Crippen LogP contribution in [0, 0.1) is 24.0 Å². The zero-order chi connectivity index (χ0) is 15.6. The monoisotopic (exact) mass is 309 g/mol. The molecule has 0 saturated heterocycles. The van der Waals surface area contributed by atoms with Crippen molar-refractivity contribution < 1.29 is 18.9 Å². The van der Waals surface area contributed by atoms with Crippen LogP contribution in [0.15, 0.2) is 22.6 Å². The van der Waals surface area contributed by atoms with E-state index in [9.17, 15) is 19.7 Å². The third-order valence-electron chi connectivity index (χ3n) is 2.57. The SMILES string of the molecule is Cc1cc(C(=O)NNC(=O)c2ccc([N+](=O)[O-])s2)c(C)o1. The summed E-state index contributed by atoms with van der Waals surface area (Å²) < 4.78 is 5.21. The molecule has 0 radical (unpaired) electrons. The van der Waals surface area contributed by atoms with Crippen molar-refractivity contribution in [2.45, 2.75) is 13.8 Å². The quantitative estimate of drug-likeness (QED) is 0.664. The molecule has 0 bridgehead atoms. The molecular weight excluding hydrogens is 298 g/mol. The van der Waals surface area contributed by atoms with E-state index < -0.39 is 16.7 Å². The van der Waals surface area contributed by atoms with E-state index in [4.69, 9.17) is 4.42 Å². The zero-order valence-corrected chi connectivity index (χ0v) is 11.9. The van der Waals surface area contributed by atoms with Crippen LogP contribution >= 0.6 is 11.3 Å². The lowest BCUT2D eigenvalue weighted by Gasteiger charge is -2.04. The van der Waals surface area contributed by atoms with Gasteiger partial charge in [-0.2, -0.15) is 0 Å². The Labute approximate surface area is 122 Å². The number of furan rings is 1. The minimum Gasteiger partial charge on any atom is -0.466 e. The number of carbonyl (C=O) groups is 2. The van der Waals surface area contributed by atoms with Crippen LogP contribution in [0.4, 0.5) is 5.00 Å². The van der Waals surface area contributed by atoms with Crippen LogP contribution in [0.5, 0.6) is 0 Å². The van der Waals surface area contributed by atoms with Gasteiger partial charge >= 0.3 is 5.00 Å². The van der Waals surface area contributed by atoms with E-state index in [0.717, 1.165) is 11.3 Å². The molecule has 0 spiro atoms. The van der Waals surface area contributed by atoms with Crippen LogP contribution in [0.3, 0.4) is 0 Å². The van der Waals surface area contributed by atoms with Crippen LogP contribution in [-0.2, 0) is 0 Å². The van der Waals surface area contributed by atoms with Crippen LogP contribution in [0.2, 0.25) is 0 Å². The van der Waals surface area contributed by atoms with E-state index in [-0.39, 0.29) is 9.88 Å². The standard InChI is InChI=1S/C12H11N3O5S/c1-6-5-8(7(2)20-6)11(16)13-14-12(17)9-3-4-10(21-9)15(18)19/h3-5H,1-2H3,(H,13,16)(H,14,17). The minimum absolute atomic E-state index is 0.127. The normalized spacial score (nSPS) is 10.2. The number of aryl methyl sites for hydroxylation is 2. The Morgan fingerprint density at radius 1 is 1.24 bits per heavy atom. The molecule has 8 nitrogen and oxygen atoms in total. The largest absolute Gasteiger partial charge is 0.466 e. The summed E-state index contributed by atoms with van der Waals surface area (Å²) in [6.07, 6.45) is 0. The van der Waals surface area contributed by atoms with Crippen LogP contribution in [0.25, 0.3) is 0 Å². The number of thiophene rings is 1. The molecule has 2 rings (SSSR count). The van der Waals surface area contributed by atoms with Gasteiger partial charge in [-0.3, -0.25) is 30.6 Å².